The van der Waals surface area contributed by atoms with Crippen LogP contribution in [0, 0.1) is 6.92 Å². The molecule has 0 aromatic carbocycles. The van der Waals surface area contributed by atoms with Crippen molar-refractivity contribution >= 4 is 37.3 Å². The number of hydrogen-bond acceptors (Lipinski definition) is 4. The average Bonchev–Trinajstić information content (AvgIpc) is 2.58. The van der Waals surface area contributed by atoms with E-state index in [4.69, 9.17) is 4.74 Å². The summed E-state index contributed by atoms with van der Waals surface area (Å²) in [5.41, 5.74) is 0. The fraction of sp³-hybridized carbons (Fsp3) is 0.600. The third kappa shape index (κ3) is 3.75. The van der Waals surface area contributed by atoms with Crippen molar-refractivity contribution in [3.05, 3.63) is 14.7 Å². The van der Waals surface area contributed by atoms with Crippen LogP contribution in [0.1, 0.15) is 11.8 Å². The second kappa shape index (κ2) is 6.29. The van der Waals surface area contributed by atoms with Gasteiger partial charge in [-0.05, 0) is 35.8 Å². The lowest BCUT2D eigenvalue weighted by Crippen LogP contribution is -2.30. The van der Waals surface area contributed by atoms with E-state index >= 15 is 0 Å². The third-order valence-corrected chi connectivity index (χ3v) is 5.95. The van der Waals surface area contributed by atoms with Gasteiger partial charge in [0.1, 0.15) is 0 Å². The molecule has 0 unspecified atom stereocenters. The predicted octanol–water partition coefficient (Wildman–Crippen LogP) is 2.48. The fourth-order valence-electron chi connectivity index (χ4n) is 1.31. The summed E-state index contributed by atoms with van der Waals surface area (Å²) in [7, 11) is -1.83. The number of nitrogens with zero attached hydrogens (tertiary/aromatic N) is 1. The van der Waals surface area contributed by atoms with Gasteiger partial charge in [0.15, 0.2) is 0 Å². The average molecular weight is 342 g/mol. The predicted molar refractivity (Wildman–Crippen MR) is 73.1 cm³/mol. The highest BCUT2D eigenvalue weighted by atomic mass is 79.9. The van der Waals surface area contributed by atoms with E-state index in [1.165, 1.54) is 15.6 Å². The third-order valence-electron chi connectivity index (χ3n) is 2.29. The summed E-state index contributed by atoms with van der Waals surface area (Å²) in [6, 6.07) is 1.65. The molecule has 1 rings (SSSR count). The van der Waals surface area contributed by atoms with Crippen LogP contribution >= 0.6 is 27.3 Å². The van der Waals surface area contributed by atoms with Crippen molar-refractivity contribution in [2.45, 2.75) is 18.7 Å². The monoisotopic (exact) mass is 341 g/mol. The minimum Gasteiger partial charge on any atom is -0.380 e. The Morgan fingerprint density at radius 1 is 1.53 bits per heavy atom. The Morgan fingerprint density at radius 2 is 2.18 bits per heavy atom. The number of thiophene rings is 1. The van der Waals surface area contributed by atoms with Gasteiger partial charge >= 0.3 is 0 Å². The van der Waals surface area contributed by atoms with Crippen LogP contribution in [0.5, 0.6) is 0 Å². The maximum absolute atomic E-state index is 12.2. The molecule has 0 fully saturated rings. The van der Waals surface area contributed by atoms with E-state index in [0.717, 1.165) is 8.66 Å². The SMILES string of the molecule is CCOCCN(C)S(=O)(=O)c1cc(Br)sc1C. The van der Waals surface area contributed by atoms with E-state index in [1.807, 2.05) is 6.92 Å². The van der Waals surface area contributed by atoms with Gasteiger partial charge in [0.25, 0.3) is 0 Å². The molecule has 0 spiro atoms. The Kier molecular flexibility index (Phi) is 5.59. The van der Waals surface area contributed by atoms with Gasteiger partial charge in [-0.3, -0.25) is 0 Å². The number of rotatable bonds is 6. The van der Waals surface area contributed by atoms with E-state index in [0.29, 0.717) is 24.7 Å². The Hall–Kier alpha value is 0.0500. The zero-order valence-electron chi connectivity index (χ0n) is 10.1. The topological polar surface area (TPSA) is 46.6 Å². The maximum Gasteiger partial charge on any atom is 0.244 e. The zero-order chi connectivity index (χ0) is 13.1. The van der Waals surface area contributed by atoms with Gasteiger partial charge in [-0.15, -0.1) is 11.3 Å². The van der Waals surface area contributed by atoms with E-state index in [9.17, 15) is 8.42 Å². The van der Waals surface area contributed by atoms with E-state index < -0.39 is 10.0 Å². The number of sulfonamides is 1. The van der Waals surface area contributed by atoms with Gasteiger partial charge in [-0.25, -0.2) is 8.42 Å². The first kappa shape index (κ1) is 15.1. The van der Waals surface area contributed by atoms with Crippen molar-refractivity contribution in [3.63, 3.8) is 0 Å². The molecule has 0 aliphatic rings. The molecule has 1 aromatic rings. The highest BCUT2D eigenvalue weighted by Gasteiger charge is 2.24. The minimum absolute atomic E-state index is 0.364. The van der Waals surface area contributed by atoms with Gasteiger partial charge in [0, 0.05) is 25.1 Å². The fourth-order valence-corrected chi connectivity index (χ4v) is 4.85. The highest BCUT2D eigenvalue weighted by Crippen LogP contribution is 2.30. The molecule has 0 radical (unpaired) electrons. The Labute approximate surface area is 115 Å². The first-order valence-corrected chi connectivity index (χ1v) is 8.24. The summed E-state index contributed by atoms with van der Waals surface area (Å²) >= 11 is 4.72. The summed E-state index contributed by atoms with van der Waals surface area (Å²) in [6.45, 7) is 5.06. The molecule has 0 aliphatic carbocycles. The summed E-state index contributed by atoms with van der Waals surface area (Å²) in [5, 5.41) is 0. The van der Waals surface area contributed by atoms with Crippen LogP contribution < -0.4 is 0 Å². The molecule has 7 heteroatoms. The number of hydrogen-bond donors (Lipinski definition) is 0. The van der Waals surface area contributed by atoms with Gasteiger partial charge in [0.05, 0.1) is 15.3 Å². The van der Waals surface area contributed by atoms with E-state index in [-0.39, 0.29) is 0 Å². The lowest BCUT2D eigenvalue weighted by atomic mass is 10.5. The first-order valence-electron chi connectivity index (χ1n) is 5.19. The Balaban J connectivity index is 2.84. The van der Waals surface area contributed by atoms with Crippen LogP contribution in [0.3, 0.4) is 0 Å². The largest absolute Gasteiger partial charge is 0.380 e. The molecule has 0 N–H and O–H groups in total. The van der Waals surface area contributed by atoms with Crippen LogP contribution in [0.15, 0.2) is 14.7 Å². The number of aryl methyl sites for hydroxylation is 1. The van der Waals surface area contributed by atoms with Crippen molar-refractivity contribution in [2.75, 3.05) is 26.8 Å². The summed E-state index contributed by atoms with van der Waals surface area (Å²) < 4.78 is 31.7. The Bertz CT molecular complexity index is 470. The molecule has 0 atom stereocenters. The second-order valence-corrected chi connectivity index (χ2v) is 8.14. The van der Waals surface area contributed by atoms with Crippen molar-refractivity contribution in [2.24, 2.45) is 0 Å². The molecule has 1 aromatic heterocycles. The lowest BCUT2D eigenvalue weighted by molar-refractivity contribution is 0.138. The number of halogens is 1. The van der Waals surface area contributed by atoms with Gasteiger partial charge < -0.3 is 4.74 Å². The molecule has 1 heterocycles. The highest BCUT2D eigenvalue weighted by molar-refractivity contribution is 9.11. The summed E-state index contributed by atoms with van der Waals surface area (Å²) in [6.07, 6.45) is 0. The maximum atomic E-state index is 12.2. The standard InChI is InChI=1S/C10H16BrNO3S2/c1-4-15-6-5-12(3)17(13,14)9-7-10(11)16-8(9)2/h7H,4-6H2,1-3H3. The molecule has 0 saturated carbocycles. The molecule has 4 nitrogen and oxygen atoms in total. The number of ether oxygens (including phenoxy) is 1. The molecular formula is C10H16BrNO3S2. The van der Waals surface area contributed by atoms with Crippen LogP contribution in [0.25, 0.3) is 0 Å². The van der Waals surface area contributed by atoms with Crippen LogP contribution in [-0.2, 0) is 14.8 Å². The molecule has 98 valence electrons. The molecule has 17 heavy (non-hydrogen) atoms. The van der Waals surface area contributed by atoms with Crippen molar-refractivity contribution < 1.29 is 13.2 Å². The quantitative estimate of drug-likeness (QED) is 0.746. The van der Waals surface area contributed by atoms with Crippen LogP contribution in [0.4, 0.5) is 0 Å². The normalized spacial score (nSPS) is 12.3. The molecule has 0 aliphatic heterocycles. The smallest absolute Gasteiger partial charge is 0.244 e. The number of likely N-dealkylation sites (N-methyl/N-ethyl adjacent to an activating group) is 1. The van der Waals surface area contributed by atoms with Crippen molar-refractivity contribution in [3.8, 4) is 0 Å². The first-order chi connectivity index (χ1) is 7.89. The van der Waals surface area contributed by atoms with E-state index in [2.05, 4.69) is 15.9 Å². The minimum atomic E-state index is -3.40. The molecular weight excluding hydrogens is 326 g/mol. The molecule has 0 bridgehead atoms. The van der Waals surface area contributed by atoms with Crippen LogP contribution in [0.2, 0.25) is 0 Å². The van der Waals surface area contributed by atoms with Gasteiger partial charge in [-0.1, -0.05) is 0 Å². The molecule has 0 saturated heterocycles. The summed E-state index contributed by atoms with van der Waals surface area (Å²) in [4.78, 5) is 1.16. The van der Waals surface area contributed by atoms with E-state index in [1.54, 1.807) is 20.0 Å². The summed E-state index contributed by atoms with van der Waals surface area (Å²) in [5.74, 6) is 0. The Morgan fingerprint density at radius 3 is 2.65 bits per heavy atom. The molecule has 0 amide bonds. The zero-order valence-corrected chi connectivity index (χ0v) is 13.3. The lowest BCUT2D eigenvalue weighted by Gasteiger charge is -2.16. The van der Waals surface area contributed by atoms with Gasteiger partial charge in [-0.2, -0.15) is 4.31 Å². The van der Waals surface area contributed by atoms with Crippen molar-refractivity contribution in [1.82, 2.24) is 4.31 Å². The second-order valence-electron chi connectivity index (χ2n) is 3.49. The van der Waals surface area contributed by atoms with Crippen LogP contribution in [-0.4, -0.2) is 39.5 Å². The van der Waals surface area contributed by atoms with Crippen molar-refractivity contribution in [1.29, 1.82) is 0 Å². The van der Waals surface area contributed by atoms with Gasteiger partial charge in [0.2, 0.25) is 10.0 Å².